The van der Waals surface area contributed by atoms with E-state index >= 15 is 0 Å². The Morgan fingerprint density at radius 1 is 0.968 bits per heavy atom. The molecule has 3 aromatic rings. The molecule has 0 bridgehead atoms. The minimum Gasteiger partial charge on any atom is -0.340 e. The largest absolute Gasteiger partial charge is 0.397 e. The van der Waals surface area contributed by atoms with Gasteiger partial charge in [0.2, 0.25) is 5.91 Å². The van der Waals surface area contributed by atoms with Gasteiger partial charge in [0.1, 0.15) is 35.4 Å². The van der Waals surface area contributed by atoms with Gasteiger partial charge >= 0.3 is 6.18 Å². The Labute approximate surface area is 174 Å². The van der Waals surface area contributed by atoms with Gasteiger partial charge in [0, 0.05) is 24.3 Å². The summed E-state index contributed by atoms with van der Waals surface area (Å²) in [6, 6.07) is 11.2. The number of benzene rings is 2. The smallest absolute Gasteiger partial charge is 0.340 e. The number of imidazole rings is 1. The molecule has 0 aliphatic carbocycles. The molecule has 31 heavy (non-hydrogen) atoms. The highest BCUT2D eigenvalue weighted by atomic mass is 19.4. The molecular formula is C21H17F5N4O. The molecular weight excluding hydrogens is 419 g/mol. The second-order valence-corrected chi connectivity index (χ2v) is 7.12. The average molecular weight is 436 g/mol. The number of aromatic nitrogens is 2. The first-order valence-electron chi connectivity index (χ1n) is 9.42. The van der Waals surface area contributed by atoms with Crippen molar-refractivity contribution in [2.45, 2.75) is 25.7 Å². The standard InChI is InChI=1S/C21H17F5N4O/c22-14-3-1-13(2-4-14)19-20(27-16-7-5-15(23)6-8-16)30-10-9-29(12-17(30)28-19)18(31)11-21(24,25)26/h1-8,27H,9-12H2. The van der Waals surface area contributed by atoms with Gasteiger partial charge in [-0.05, 0) is 48.5 Å². The number of carbonyl (C=O) groups excluding carboxylic acids is 1. The van der Waals surface area contributed by atoms with Crippen molar-refractivity contribution in [3.8, 4) is 11.3 Å². The molecule has 0 unspecified atom stereocenters. The molecule has 10 heteroatoms. The summed E-state index contributed by atoms with van der Waals surface area (Å²) in [5.74, 6) is -0.928. The Morgan fingerprint density at radius 3 is 2.19 bits per heavy atom. The van der Waals surface area contributed by atoms with Crippen LogP contribution < -0.4 is 5.32 Å². The van der Waals surface area contributed by atoms with E-state index in [1.165, 1.54) is 48.5 Å². The average Bonchev–Trinajstić information content (AvgIpc) is 3.06. The van der Waals surface area contributed by atoms with Crippen molar-refractivity contribution in [1.82, 2.24) is 14.5 Å². The number of hydrogen-bond donors (Lipinski definition) is 1. The van der Waals surface area contributed by atoms with Gasteiger partial charge in [-0.15, -0.1) is 0 Å². The maximum Gasteiger partial charge on any atom is 0.397 e. The van der Waals surface area contributed by atoms with Gasteiger partial charge in [-0.2, -0.15) is 13.2 Å². The monoisotopic (exact) mass is 436 g/mol. The number of anilines is 2. The van der Waals surface area contributed by atoms with E-state index in [1.807, 2.05) is 0 Å². The quantitative estimate of drug-likeness (QED) is 0.594. The number of hydrogen-bond acceptors (Lipinski definition) is 3. The van der Waals surface area contributed by atoms with Gasteiger partial charge in [0.15, 0.2) is 0 Å². The zero-order valence-corrected chi connectivity index (χ0v) is 16.1. The van der Waals surface area contributed by atoms with Crippen LogP contribution in [0.4, 0.5) is 33.5 Å². The van der Waals surface area contributed by atoms with Crippen LogP contribution in [0.15, 0.2) is 48.5 Å². The summed E-state index contributed by atoms with van der Waals surface area (Å²) in [5, 5.41) is 3.16. The van der Waals surface area contributed by atoms with Crippen LogP contribution in [0.5, 0.6) is 0 Å². The molecule has 0 fully saturated rings. The Hall–Kier alpha value is -3.43. The van der Waals surface area contributed by atoms with Gasteiger partial charge in [-0.3, -0.25) is 4.79 Å². The van der Waals surface area contributed by atoms with Crippen molar-refractivity contribution in [3.05, 3.63) is 66.0 Å². The molecule has 0 spiro atoms. The number of carbonyl (C=O) groups is 1. The highest BCUT2D eigenvalue weighted by Gasteiger charge is 2.35. The SMILES string of the molecule is O=C(CC(F)(F)F)N1CCn2c(nc(-c3ccc(F)cc3)c2Nc2ccc(F)cc2)C1. The fraction of sp³-hybridized carbons (Fsp3) is 0.238. The van der Waals surface area contributed by atoms with Crippen molar-refractivity contribution in [3.63, 3.8) is 0 Å². The first-order chi connectivity index (χ1) is 14.7. The molecule has 0 atom stereocenters. The number of amides is 1. The van der Waals surface area contributed by atoms with E-state index < -0.39 is 30.1 Å². The van der Waals surface area contributed by atoms with Crippen LogP contribution in [0.1, 0.15) is 12.2 Å². The molecule has 1 amide bonds. The summed E-state index contributed by atoms with van der Waals surface area (Å²) in [5.41, 5.74) is 1.61. The highest BCUT2D eigenvalue weighted by Crippen LogP contribution is 2.34. The summed E-state index contributed by atoms with van der Waals surface area (Å²) in [4.78, 5) is 17.7. The molecule has 0 saturated carbocycles. The van der Waals surface area contributed by atoms with Gasteiger partial charge < -0.3 is 14.8 Å². The molecule has 0 saturated heterocycles. The second-order valence-electron chi connectivity index (χ2n) is 7.12. The third-order valence-electron chi connectivity index (χ3n) is 4.90. The van der Waals surface area contributed by atoms with Crippen molar-refractivity contribution >= 4 is 17.4 Å². The van der Waals surface area contributed by atoms with Crippen LogP contribution in [0.2, 0.25) is 0 Å². The van der Waals surface area contributed by atoms with Crippen molar-refractivity contribution in [1.29, 1.82) is 0 Å². The van der Waals surface area contributed by atoms with E-state index in [2.05, 4.69) is 10.3 Å². The van der Waals surface area contributed by atoms with E-state index in [9.17, 15) is 26.7 Å². The van der Waals surface area contributed by atoms with E-state index in [-0.39, 0.29) is 19.6 Å². The summed E-state index contributed by atoms with van der Waals surface area (Å²) >= 11 is 0. The van der Waals surface area contributed by atoms with Gasteiger partial charge in [-0.1, -0.05) is 0 Å². The lowest BCUT2D eigenvalue weighted by atomic mass is 10.1. The molecule has 2 aromatic carbocycles. The minimum absolute atomic E-state index is 0.0826. The van der Waals surface area contributed by atoms with Crippen LogP contribution in [-0.2, 0) is 17.9 Å². The fourth-order valence-corrected chi connectivity index (χ4v) is 3.43. The van der Waals surface area contributed by atoms with Crippen molar-refractivity contribution in [2.24, 2.45) is 0 Å². The number of halogens is 5. The molecule has 5 nitrogen and oxygen atoms in total. The predicted octanol–water partition coefficient (Wildman–Crippen LogP) is 4.87. The molecule has 1 aliphatic rings. The summed E-state index contributed by atoms with van der Waals surface area (Å²) < 4.78 is 66.2. The number of fused-ring (bicyclic) bond motifs is 1. The van der Waals surface area contributed by atoms with E-state index in [4.69, 9.17) is 0 Å². The molecule has 1 N–H and O–H groups in total. The summed E-state index contributed by atoms with van der Waals surface area (Å²) in [7, 11) is 0. The van der Waals surface area contributed by atoms with Crippen LogP contribution in [0, 0.1) is 11.6 Å². The van der Waals surface area contributed by atoms with E-state index in [0.717, 1.165) is 4.90 Å². The van der Waals surface area contributed by atoms with Crippen LogP contribution in [0.25, 0.3) is 11.3 Å². The van der Waals surface area contributed by atoms with Gasteiger partial charge in [-0.25, -0.2) is 13.8 Å². The fourth-order valence-electron chi connectivity index (χ4n) is 3.43. The molecule has 162 valence electrons. The minimum atomic E-state index is -4.58. The van der Waals surface area contributed by atoms with Gasteiger partial charge in [0.25, 0.3) is 0 Å². The zero-order valence-electron chi connectivity index (χ0n) is 16.1. The highest BCUT2D eigenvalue weighted by molar-refractivity contribution is 5.78. The van der Waals surface area contributed by atoms with Gasteiger partial charge in [0.05, 0.1) is 6.54 Å². The number of nitrogens with zero attached hydrogens (tertiary/aromatic N) is 3. The van der Waals surface area contributed by atoms with Crippen LogP contribution in [-0.4, -0.2) is 33.1 Å². The van der Waals surface area contributed by atoms with E-state index in [0.29, 0.717) is 28.6 Å². The summed E-state index contributed by atoms with van der Waals surface area (Å²) in [6.45, 7) is 0.212. The maximum absolute atomic E-state index is 13.4. The Balaban J connectivity index is 1.69. The lowest BCUT2D eigenvalue weighted by Gasteiger charge is -2.29. The normalized spacial score (nSPS) is 13.8. The molecule has 1 aromatic heterocycles. The Kier molecular flexibility index (Phi) is 5.38. The molecule has 4 rings (SSSR count). The first kappa shape index (κ1) is 20.8. The van der Waals surface area contributed by atoms with Crippen molar-refractivity contribution < 1.29 is 26.7 Å². The second kappa shape index (κ2) is 8.01. The topological polar surface area (TPSA) is 50.2 Å². The first-order valence-corrected chi connectivity index (χ1v) is 9.42. The number of nitrogens with one attached hydrogen (secondary N) is 1. The van der Waals surface area contributed by atoms with Crippen LogP contribution >= 0.6 is 0 Å². The third-order valence-corrected chi connectivity index (χ3v) is 4.90. The van der Waals surface area contributed by atoms with Crippen molar-refractivity contribution in [2.75, 3.05) is 11.9 Å². The zero-order chi connectivity index (χ0) is 22.2. The lowest BCUT2D eigenvalue weighted by molar-refractivity contribution is -0.162. The number of rotatable bonds is 4. The number of alkyl halides is 3. The summed E-state index contributed by atoms with van der Waals surface area (Å²) in [6.07, 6.45) is -6.11. The molecule has 0 radical (unpaired) electrons. The Morgan fingerprint density at radius 2 is 1.58 bits per heavy atom. The lowest BCUT2D eigenvalue weighted by Crippen LogP contribution is -2.40. The predicted molar refractivity (Wildman–Crippen MR) is 103 cm³/mol. The molecule has 2 heterocycles. The van der Waals surface area contributed by atoms with Crippen LogP contribution in [0.3, 0.4) is 0 Å². The Bertz CT molecular complexity index is 1090. The molecule has 1 aliphatic heterocycles. The third kappa shape index (κ3) is 4.68. The maximum atomic E-state index is 13.4. The van der Waals surface area contributed by atoms with E-state index in [1.54, 1.807) is 4.57 Å².